The number of amides is 1. The van der Waals surface area contributed by atoms with Crippen LogP contribution in [0.25, 0.3) is 27.4 Å². The lowest BCUT2D eigenvalue weighted by molar-refractivity contribution is 0.0378. The molecule has 232 valence electrons. The van der Waals surface area contributed by atoms with Gasteiger partial charge in [0.1, 0.15) is 16.8 Å². The van der Waals surface area contributed by atoms with E-state index in [9.17, 15) is 9.59 Å². The zero-order valence-corrected chi connectivity index (χ0v) is 25.2. The molecule has 0 aliphatic carbocycles. The SMILES string of the molecule is CN(C)CCCCNC(=O)c1cn2c3c(c(NCCCN4CCOCC4)c(F)c(N)c3c1=O)Oc1cc3ccccc3cc1-2. The molecule has 0 unspecified atom stereocenters. The number of aromatic nitrogens is 1. The number of unbranched alkanes of at least 4 members (excludes halogenated alkanes) is 1. The summed E-state index contributed by atoms with van der Waals surface area (Å²) in [4.78, 5) is 31.5. The number of morpholine rings is 1. The van der Waals surface area contributed by atoms with Crippen molar-refractivity contribution in [3.63, 3.8) is 0 Å². The zero-order valence-electron chi connectivity index (χ0n) is 25.2. The molecule has 1 amide bonds. The number of nitrogens with two attached hydrogens (primary N) is 1. The van der Waals surface area contributed by atoms with E-state index in [1.165, 1.54) is 6.20 Å². The average molecular weight is 603 g/mol. The third-order valence-corrected chi connectivity index (χ3v) is 8.29. The molecule has 10 nitrogen and oxygen atoms in total. The molecule has 6 rings (SSSR count). The Morgan fingerprint density at radius 2 is 1.82 bits per heavy atom. The summed E-state index contributed by atoms with van der Waals surface area (Å²) in [6.45, 7) is 5.78. The van der Waals surface area contributed by atoms with Crippen LogP contribution in [-0.4, -0.2) is 86.9 Å². The number of hydrogen-bond donors (Lipinski definition) is 3. The Morgan fingerprint density at radius 3 is 2.57 bits per heavy atom. The molecule has 0 saturated carbocycles. The Hall–Kier alpha value is -4.19. The molecule has 3 aromatic carbocycles. The first-order valence-electron chi connectivity index (χ1n) is 15.2. The van der Waals surface area contributed by atoms with E-state index in [4.69, 9.17) is 15.2 Å². The van der Waals surface area contributed by atoms with Gasteiger partial charge in [0.2, 0.25) is 5.43 Å². The van der Waals surface area contributed by atoms with Gasteiger partial charge in [-0.15, -0.1) is 0 Å². The third kappa shape index (κ3) is 5.82. The molecule has 3 heterocycles. The Bertz CT molecular complexity index is 1770. The first-order valence-corrected chi connectivity index (χ1v) is 15.2. The fraction of sp³-hybridized carbons (Fsp3) is 0.394. The van der Waals surface area contributed by atoms with Gasteiger partial charge in [-0.25, -0.2) is 4.39 Å². The zero-order chi connectivity index (χ0) is 30.8. The van der Waals surface area contributed by atoms with Gasteiger partial charge in [-0.1, -0.05) is 24.3 Å². The van der Waals surface area contributed by atoms with Gasteiger partial charge >= 0.3 is 0 Å². The monoisotopic (exact) mass is 602 g/mol. The van der Waals surface area contributed by atoms with Gasteiger partial charge < -0.3 is 35.3 Å². The molecule has 0 bridgehead atoms. The highest BCUT2D eigenvalue weighted by Gasteiger charge is 2.31. The lowest BCUT2D eigenvalue weighted by atomic mass is 10.0. The Labute approximate surface area is 255 Å². The molecule has 0 atom stereocenters. The summed E-state index contributed by atoms with van der Waals surface area (Å²) in [6.07, 6.45) is 3.95. The number of rotatable bonds is 11. The van der Waals surface area contributed by atoms with Crippen LogP contribution in [0, 0.1) is 5.82 Å². The van der Waals surface area contributed by atoms with E-state index >= 15 is 4.39 Å². The Morgan fingerprint density at radius 1 is 1.07 bits per heavy atom. The maximum absolute atomic E-state index is 16.1. The summed E-state index contributed by atoms with van der Waals surface area (Å²) < 4.78 is 29.6. The first-order chi connectivity index (χ1) is 21.3. The summed E-state index contributed by atoms with van der Waals surface area (Å²) in [5.41, 5.74) is 6.37. The van der Waals surface area contributed by atoms with Crippen LogP contribution in [0.4, 0.5) is 15.8 Å². The number of nitrogen functional groups attached to an aromatic ring is 1. The molecule has 4 N–H and O–H groups in total. The highest BCUT2D eigenvalue weighted by atomic mass is 19.1. The fourth-order valence-electron chi connectivity index (χ4n) is 5.94. The molecule has 11 heteroatoms. The van der Waals surface area contributed by atoms with Crippen LogP contribution < -0.4 is 26.5 Å². The van der Waals surface area contributed by atoms with Crippen LogP contribution in [0.3, 0.4) is 0 Å². The third-order valence-electron chi connectivity index (χ3n) is 8.29. The van der Waals surface area contributed by atoms with E-state index < -0.39 is 17.2 Å². The molecule has 0 spiro atoms. The van der Waals surface area contributed by atoms with Crippen molar-refractivity contribution in [2.45, 2.75) is 19.3 Å². The standard InChI is InChI=1S/C33H39FN6O4/c1-38(2)12-6-5-10-37-33(42)23-20-40-24-18-21-8-3-4-9-22(21)19-25(24)44-32-29(27(34)28(35)26(30(32)40)31(23)41)36-11-7-13-39-14-16-43-17-15-39/h3-4,8-9,18-20,36H,5-7,10-17,35H2,1-2H3,(H,37,42). The van der Waals surface area contributed by atoms with E-state index in [1.807, 2.05) is 50.5 Å². The number of carbonyl (C=O) groups is 1. The van der Waals surface area contributed by atoms with Gasteiger partial charge in [0.25, 0.3) is 5.91 Å². The largest absolute Gasteiger partial charge is 0.451 e. The van der Waals surface area contributed by atoms with Gasteiger partial charge in [-0.05, 0) is 69.4 Å². The van der Waals surface area contributed by atoms with Gasteiger partial charge in [0, 0.05) is 32.4 Å². The highest BCUT2D eigenvalue weighted by molar-refractivity contribution is 6.06. The number of ether oxygens (including phenoxy) is 2. The molecule has 0 radical (unpaired) electrons. The molecule has 1 aromatic heterocycles. The van der Waals surface area contributed by atoms with Gasteiger partial charge in [-0.2, -0.15) is 0 Å². The maximum Gasteiger partial charge on any atom is 0.256 e. The molecule has 2 aliphatic heterocycles. The second-order valence-corrected chi connectivity index (χ2v) is 11.7. The van der Waals surface area contributed by atoms with Crippen LogP contribution >= 0.6 is 0 Å². The van der Waals surface area contributed by atoms with Crippen molar-refractivity contribution in [2.75, 3.05) is 77.6 Å². The summed E-state index contributed by atoms with van der Waals surface area (Å²) in [6, 6.07) is 11.7. The summed E-state index contributed by atoms with van der Waals surface area (Å²) in [5, 5.41) is 7.89. The van der Waals surface area contributed by atoms with Crippen molar-refractivity contribution >= 4 is 39.0 Å². The Balaban J connectivity index is 1.40. The number of pyridine rings is 1. The minimum atomic E-state index is -0.770. The number of hydrogen-bond acceptors (Lipinski definition) is 8. The minimum Gasteiger partial charge on any atom is -0.451 e. The van der Waals surface area contributed by atoms with E-state index in [0.717, 1.165) is 56.2 Å². The van der Waals surface area contributed by atoms with E-state index in [1.54, 1.807) is 4.57 Å². The van der Waals surface area contributed by atoms with Crippen LogP contribution in [0.2, 0.25) is 0 Å². The number of halogens is 1. The second-order valence-electron chi connectivity index (χ2n) is 11.7. The van der Waals surface area contributed by atoms with E-state index in [2.05, 4.69) is 20.4 Å². The predicted molar refractivity (Wildman–Crippen MR) is 172 cm³/mol. The fourth-order valence-corrected chi connectivity index (χ4v) is 5.94. The van der Waals surface area contributed by atoms with Crippen molar-refractivity contribution in [2.24, 2.45) is 0 Å². The highest BCUT2D eigenvalue weighted by Crippen LogP contribution is 2.48. The lowest BCUT2D eigenvalue weighted by Crippen LogP contribution is -2.37. The summed E-state index contributed by atoms with van der Waals surface area (Å²) in [7, 11) is 3.99. The number of nitrogens with one attached hydrogen (secondary N) is 2. The van der Waals surface area contributed by atoms with Gasteiger partial charge in [0.15, 0.2) is 17.3 Å². The van der Waals surface area contributed by atoms with Crippen LogP contribution in [0.1, 0.15) is 29.6 Å². The number of carbonyl (C=O) groups excluding carboxylic acids is 1. The van der Waals surface area contributed by atoms with Crippen LogP contribution in [0.5, 0.6) is 11.5 Å². The molecular weight excluding hydrogens is 563 g/mol. The van der Waals surface area contributed by atoms with Crippen molar-refractivity contribution < 1.29 is 18.7 Å². The summed E-state index contributed by atoms with van der Waals surface area (Å²) >= 11 is 0. The average Bonchev–Trinajstić information content (AvgIpc) is 3.02. The van der Waals surface area contributed by atoms with Gasteiger partial charge in [0.05, 0.1) is 30.0 Å². The molecule has 1 saturated heterocycles. The minimum absolute atomic E-state index is 0.0737. The van der Waals surface area contributed by atoms with E-state index in [-0.39, 0.29) is 28.1 Å². The van der Waals surface area contributed by atoms with E-state index in [0.29, 0.717) is 43.3 Å². The number of anilines is 2. The number of fused-ring (bicyclic) bond motifs is 3. The van der Waals surface area contributed by atoms with Crippen molar-refractivity contribution in [1.82, 2.24) is 19.7 Å². The van der Waals surface area contributed by atoms with Gasteiger partial charge in [-0.3, -0.25) is 14.5 Å². The quantitative estimate of drug-likeness (QED) is 0.153. The number of nitrogens with zero attached hydrogens (tertiary/aromatic N) is 3. The predicted octanol–water partition coefficient (Wildman–Crippen LogP) is 4.18. The molecule has 44 heavy (non-hydrogen) atoms. The number of benzene rings is 3. The lowest BCUT2D eigenvalue weighted by Gasteiger charge is -2.28. The van der Waals surface area contributed by atoms with Crippen molar-refractivity contribution in [3.05, 3.63) is 64.2 Å². The van der Waals surface area contributed by atoms with Crippen molar-refractivity contribution in [3.8, 4) is 17.2 Å². The smallest absolute Gasteiger partial charge is 0.256 e. The van der Waals surface area contributed by atoms with Crippen LogP contribution in [-0.2, 0) is 4.74 Å². The van der Waals surface area contributed by atoms with Crippen molar-refractivity contribution in [1.29, 1.82) is 0 Å². The molecule has 1 fully saturated rings. The topological polar surface area (TPSA) is 114 Å². The Kier molecular flexibility index (Phi) is 8.69. The second kappa shape index (κ2) is 12.8. The molecular formula is C33H39FN6O4. The summed E-state index contributed by atoms with van der Waals surface area (Å²) in [5.74, 6) is -0.635. The molecule has 2 aliphatic rings. The maximum atomic E-state index is 16.1. The molecule has 4 aromatic rings. The van der Waals surface area contributed by atoms with Crippen LogP contribution in [0.15, 0.2) is 47.4 Å². The normalized spacial score (nSPS) is 14.5. The first kappa shape index (κ1) is 29.9.